The van der Waals surface area contributed by atoms with Gasteiger partial charge in [0.2, 0.25) is 0 Å². The Morgan fingerprint density at radius 1 is 1.04 bits per heavy atom. The fourth-order valence-electron chi connectivity index (χ4n) is 1.75. The van der Waals surface area contributed by atoms with E-state index in [1.165, 1.54) is 31.4 Å². The molecule has 1 amide bonds. The largest absolute Gasteiger partial charge is 0.573 e. The molecule has 1 N–H and O–H groups in total. The first-order valence-electron chi connectivity index (χ1n) is 6.29. The van der Waals surface area contributed by atoms with Crippen LogP contribution in [0.25, 0.3) is 0 Å². The number of ether oxygens (including phenoxy) is 2. The minimum atomic E-state index is -4.79. The molecular weight excluding hydrogens is 318 g/mol. The maximum atomic E-state index is 13.8. The van der Waals surface area contributed by atoms with Crippen molar-refractivity contribution in [2.75, 3.05) is 12.4 Å². The zero-order valence-corrected chi connectivity index (χ0v) is 11.8. The van der Waals surface area contributed by atoms with E-state index in [9.17, 15) is 22.4 Å². The molecule has 122 valence electrons. The molecule has 0 spiro atoms. The average Bonchev–Trinajstić information content (AvgIpc) is 2.47. The number of hydrogen-bond donors (Lipinski definition) is 1. The number of anilines is 1. The van der Waals surface area contributed by atoms with Crippen molar-refractivity contribution < 1.29 is 31.8 Å². The number of methoxy groups -OCH3 is 1. The second kappa shape index (κ2) is 6.55. The van der Waals surface area contributed by atoms with Crippen molar-refractivity contribution in [3.63, 3.8) is 0 Å². The van der Waals surface area contributed by atoms with Gasteiger partial charge in [0.15, 0.2) is 0 Å². The summed E-state index contributed by atoms with van der Waals surface area (Å²) in [7, 11) is 1.36. The van der Waals surface area contributed by atoms with E-state index < -0.39 is 23.8 Å². The van der Waals surface area contributed by atoms with Gasteiger partial charge >= 0.3 is 6.36 Å². The Balaban J connectivity index is 2.08. The quantitative estimate of drug-likeness (QED) is 0.863. The van der Waals surface area contributed by atoms with Crippen LogP contribution in [-0.2, 0) is 0 Å². The Labute approximate surface area is 128 Å². The highest BCUT2D eigenvalue weighted by atomic mass is 19.4. The summed E-state index contributed by atoms with van der Waals surface area (Å²) >= 11 is 0. The highest BCUT2D eigenvalue weighted by Gasteiger charge is 2.30. The summed E-state index contributed by atoms with van der Waals surface area (Å²) in [5.74, 6) is -1.69. The van der Waals surface area contributed by atoms with Crippen molar-refractivity contribution in [3.05, 3.63) is 53.8 Å². The maximum Gasteiger partial charge on any atom is 0.573 e. The number of carbonyl (C=O) groups is 1. The lowest BCUT2D eigenvalue weighted by Crippen LogP contribution is -2.17. The summed E-state index contributed by atoms with van der Waals surface area (Å²) in [6.07, 6.45) is -4.79. The Morgan fingerprint density at radius 2 is 1.65 bits per heavy atom. The van der Waals surface area contributed by atoms with E-state index >= 15 is 0 Å². The molecule has 23 heavy (non-hydrogen) atoms. The van der Waals surface area contributed by atoms with E-state index in [0.717, 1.165) is 18.2 Å². The van der Waals surface area contributed by atoms with Crippen molar-refractivity contribution in [1.82, 2.24) is 0 Å². The van der Waals surface area contributed by atoms with Crippen molar-refractivity contribution in [2.45, 2.75) is 6.36 Å². The molecular formula is C15H11F4NO3. The molecule has 2 aromatic rings. The van der Waals surface area contributed by atoms with Crippen molar-refractivity contribution in [3.8, 4) is 11.5 Å². The number of amides is 1. The normalized spacial score (nSPS) is 11.0. The number of carbonyl (C=O) groups excluding carboxylic acids is 1. The van der Waals surface area contributed by atoms with Crippen molar-refractivity contribution in [2.24, 2.45) is 0 Å². The third kappa shape index (κ3) is 4.60. The van der Waals surface area contributed by atoms with Gasteiger partial charge in [0.25, 0.3) is 5.91 Å². The number of nitrogens with one attached hydrogen (secondary N) is 1. The standard InChI is InChI=1S/C15H11F4NO3/c1-22-11-6-7-12(13(16)8-11)14(21)20-9-2-4-10(5-3-9)23-15(17,18)19/h2-8H,1H3,(H,20,21). The van der Waals surface area contributed by atoms with Crippen LogP contribution in [0, 0.1) is 5.82 Å². The third-order valence-electron chi connectivity index (χ3n) is 2.77. The zero-order valence-electron chi connectivity index (χ0n) is 11.8. The van der Waals surface area contributed by atoms with E-state index in [1.807, 2.05) is 0 Å². The average molecular weight is 329 g/mol. The molecule has 0 atom stereocenters. The van der Waals surface area contributed by atoms with Crippen LogP contribution in [0.4, 0.5) is 23.2 Å². The maximum absolute atomic E-state index is 13.8. The minimum Gasteiger partial charge on any atom is -0.497 e. The molecule has 2 aromatic carbocycles. The van der Waals surface area contributed by atoms with Gasteiger partial charge in [-0.05, 0) is 36.4 Å². The molecule has 0 radical (unpaired) electrons. The van der Waals surface area contributed by atoms with Crippen LogP contribution in [0.3, 0.4) is 0 Å². The lowest BCUT2D eigenvalue weighted by molar-refractivity contribution is -0.274. The lowest BCUT2D eigenvalue weighted by Gasteiger charge is -2.10. The van der Waals surface area contributed by atoms with Crippen LogP contribution in [0.15, 0.2) is 42.5 Å². The van der Waals surface area contributed by atoms with Crippen molar-refractivity contribution >= 4 is 11.6 Å². The first-order chi connectivity index (χ1) is 10.8. The van der Waals surface area contributed by atoms with Gasteiger partial charge in [-0.15, -0.1) is 13.2 Å². The number of benzene rings is 2. The van der Waals surface area contributed by atoms with E-state index in [0.29, 0.717) is 0 Å². The Bertz CT molecular complexity index is 699. The number of halogens is 4. The van der Waals surface area contributed by atoms with Gasteiger partial charge in [0, 0.05) is 11.8 Å². The predicted molar refractivity (Wildman–Crippen MR) is 74.0 cm³/mol. The van der Waals surface area contributed by atoms with Gasteiger partial charge in [-0.1, -0.05) is 0 Å². The zero-order chi connectivity index (χ0) is 17.0. The smallest absolute Gasteiger partial charge is 0.497 e. The van der Waals surface area contributed by atoms with Crippen molar-refractivity contribution in [1.29, 1.82) is 0 Å². The molecule has 8 heteroatoms. The molecule has 0 aliphatic carbocycles. The van der Waals surface area contributed by atoms with Crippen LogP contribution in [0.1, 0.15) is 10.4 Å². The minimum absolute atomic E-state index is 0.194. The Morgan fingerprint density at radius 3 is 2.17 bits per heavy atom. The fourth-order valence-corrected chi connectivity index (χ4v) is 1.75. The molecule has 0 unspecified atom stereocenters. The summed E-state index contributed by atoms with van der Waals surface area (Å²) in [5.41, 5.74) is -0.0267. The summed E-state index contributed by atoms with van der Waals surface area (Å²) in [6.45, 7) is 0. The van der Waals surface area contributed by atoms with E-state index in [-0.39, 0.29) is 17.0 Å². The number of alkyl halides is 3. The van der Waals surface area contributed by atoms with Crippen LogP contribution in [-0.4, -0.2) is 19.4 Å². The van der Waals surface area contributed by atoms with E-state index in [2.05, 4.69) is 10.1 Å². The Kier molecular flexibility index (Phi) is 4.73. The fraction of sp³-hybridized carbons (Fsp3) is 0.133. The molecule has 0 aliphatic heterocycles. The topological polar surface area (TPSA) is 47.6 Å². The molecule has 0 saturated heterocycles. The SMILES string of the molecule is COc1ccc(C(=O)Nc2ccc(OC(F)(F)F)cc2)c(F)c1. The highest BCUT2D eigenvalue weighted by molar-refractivity contribution is 6.04. The van der Waals surface area contributed by atoms with Crippen LogP contribution >= 0.6 is 0 Å². The van der Waals surface area contributed by atoms with Gasteiger partial charge in [0.1, 0.15) is 17.3 Å². The summed E-state index contributed by atoms with van der Waals surface area (Å²) in [6, 6.07) is 8.19. The third-order valence-corrected chi connectivity index (χ3v) is 2.77. The van der Waals surface area contributed by atoms with Gasteiger partial charge in [-0.2, -0.15) is 0 Å². The predicted octanol–water partition coefficient (Wildman–Crippen LogP) is 3.99. The molecule has 0 aromatic heterocycles. The van der Waals surface area contributed by atoms with Gasteiger partial charge in [-0.25, -0.2) is 4.39 Å². The first-order valence-corrected chi connectivity index (χ1v) is 6.29. The van der Waals surface area contributed by atoms with Gasteiger partial charge in [-0.3, -0.25) is 4.79 Å². The Hall–Kier alpha value is -2.77. The summed E-state index contributed by atoms with van der Waals surface area (Å²) in [4.78, 5) is 11.9. The molecule has 0 heterocycles. The lowest BCUT2D eigenvalue weighted by atomic mass is 10.2. The monoisotopic (exact) mass is 329 g/mol. The van der Waals surface area contributed by atoms with Gasteiger partial charge < -0.3 is 14.8 Å². The van der Waals surface area contributed by atoms with E-state index in [1.54, 1.807) is 0 Å². The summed E-state index contributed by atoms with van der Waals surface area (Å²) < 4.78 is 58.4. The van der Waals surface area contributed by atoms with E-state index in [4.69, 9.17) is 4.74 Å². The van der Waals surface area contributed by atoms with Gasteiger partial charge in [0.05, 0.1) is 12.7 Å². The number of rotatable bonds is 4. The summed E-state index contributed by atoms with van der Waals surface area (Å²) in [5, 5.41) is 2.37. The van der Waals surface area contributed by atoms with Crippen LogP contribution in [0.2, 0.25) is 0 Å². The van der Waals surface area contributed by atoms with Crippen LogP contribution in [0.5, 0.6) is 11.5 Å². The molecule has 0 saturated carbocycles. The highest BCUT2D eigenvalue weighted by Crippen LogP contribution is 2.24. The van der Waals surface area contributed by atoms with Crippen LogP contribution < -0.4 is 14.8 Å². The number of hydrogen-bond acceptors (Lipinski definition) is 3. The molecule has 2 rings (SSSR count). The molecule has 4 nitrogen and oxygen atoms in total. The second-order valence-corrected chi connectivity index (χ2v) is 4.37. The molecule has 0 aliphatic rings. The first kappa shape index (κ1) is 16.6. The second-order valence-electron chi connectivity index (χ2n) is 4.37. The molecule has 0 bridgehead atoms. The molecule has 0 fully saturated rings.